The highest BCUT2D eigenvalue weighted by Crippen LogP contribution is 2.33. The van der Waals surface area contributed by atoms with Crippen LogP contribution < -0.4 is 0 Å². The summed E-state index contributed by atoms with van der Waals surface area (Å²) in [6.07, 6.45) is 5.84. The second kappa shape index (κ2) is 6.52. The minimum atomic E-state index is 0.668. The summed E-state index contributed by atoms with van der Waals surface area (Å²) in [5, 5.41) is 15.7. The van der Waals surface area contributed by atoms with Gasteiger partial charge in [0.15, 0.2) is 5.76 Å². The van der Waals surface area contributed by atoms with Gasteiger partial charge >= 0.3 is 0 Å². The Bertz CT molecular complexity index is 1360. The van der Waals surface area contributed by atoms with Gasteiger partial charge < -0.3 is 4.42 Å². The zero-order valence-corrected chi connectivity index (χ0v) is 17.0. The predicted molar refractivity (Wildman–Crippen MR) is 114 cm³/mol. The molecule has 0 N–H and O–H groups in total. The maximum absolute atomic E-state index is 6.08. The van der Waals surface area contributed by atoms with E-state index in [0.29, 0.717) is 5.82 Å². The molecule has 6 rings (SSSR count). The number of para-hydroxylation sites is 1. The van der Waals surface area contributed by atoms with Gasteiger partial charge in [-0.15, -0.1) is 10.2 Å². The first-order valence-corrected chi connectivity index (χ1v) is 10.9. The van der Waals surface area contributed by atoms with E-state index in [9.17, 15) is 0 Å². The van der Waals surface area contributed by atoms with E-state index >= 15 is 0 Å². The van der Waals surface area contributed by atoms with E-state index in [4.69, 9.17) is 9.52 Å². The molecule has 3 heterocycles. The van der Waals surface area contributed by atoms with Gasteiger partial charge in [0.1, 0.15) is 10.6 Å². The van der Waals surface area contributed by atoms with Gasteiger partial charge in [0.05, 0.1) is 0 Å². The van der Waals surface area contributed by atoms with Gasteiger partial charge in [-0.25, -0.2) is 0 Å². The van der Waals surface area contributed by atoms with Crippen molar-refractivity contribution in [2.24, 2.45) is 0 Å². The molecular formula is C23H20N4OS. The molecule has 0 bridgehead atoms. The highest BCUT2D eigenvalue weighted by atomic mass is 32.1. The van der Waals surface area contributed by atoms with Gasteiger partial charge in [-0.05, 0) is 55.4 Å². The van der Waals surface area contributed by atoms with Crippen molar-refractivity contribution < 1.29 is 4.42 Å². The molecule has 3 aromatic heterocycles. The summed E-state index contributed by atoms with van der Waals surface area (Å²) in [4.78, 5) is 0.799. The summed E-state index contributed by atoms with van der Waals surface area (Å²) >= 11 is 1.59. The number of fused-ring (bicyclic) bond motifs is 3. The summed E-state index contributed by atoms with van der Waals surface area (Å²) < 4.78 is 7.90. The number of hydrogen-bond donors (Lipinski definition) is 0. The standard InChI is InChI=1S/C23H20N4OS/c1-14-18-8-4-5-9-19(18)28-21(14)22-24-25-23-27(22)26-20(29-23)13-15-10-11-16-6-2-3-7-17(16)12-15/h4-5,8-12H,2-3,6-7,13H2,1H3. The molecule has 1 aliphatic carbocycles. The van der Waals surface area contributed by atoms with Gasteiger partial charge in [-0.2, -0.15) is 9.61 Å². The summed E-state index contributed by atoms with van der Waals surface area (Å²) in [5.74, 6) is 1.41. The number of aromatic nitrogens is 4. The molecule has 5 aromatic rings. The third-order valence-corrected chi connectivity index (χ3v) is 6.75. The zero-order valence-electron chi connectivity index (χ0n) is 16.2. The summed E-state index contributed by atoms with van der Waals surface area (Å²) in [6.45, 7) is 2.06. The largest absolute Gasteiger partial charge is 0.452 e. The van der Waals surface area contributed by atoms with Gasteiger partial charge in [0.25, 0.3) is 0 Å². The third-order valence-electron chi connectivity index (χ3n) is 5.85. The van der Waals surface area contributed by atoms with Crippen LogP contribution in [0.1, 0.15) is 40.1 Å². The number of hydrogen-bond acceptors (Lipinski definition) is 5. The first-order chi connectivity index (χ1) is 14.3. The lowest BCUT2D eigenvalue weighted by Crippen LogP contribution is -2.03. The van der Waals surface area contributed by atoms with Crippen LogP contribution in [0.4, 0.5) is 0 Å². The van der Waals surface area contributed by atoms with Gasteiger partial charge in [0, 0.05) is 17.4 Å². The Balaban J connectivity index is 1.37. The Kier molecular flexibility index (Phi) is 3.81. The van der Waals surface area contributed by atoms with Crippen LogP contribution in [-0.4, -0.2) is 19.8 Å². The van der Waals surface area contributed by atoms with E-state index in [1.54, 1.807) is 11.3 Å². The van der Waals surface area contributed by atoms with E-state index in [-0.39, 0.29) is 0 Å². The molecule has 1 aliphatic rings. The summed E-state index contributed by atoms with van der Waals surface area (Å²) in [7, 11) is 0. The highest BCUT2D eigenvalue weighted by Gasteiger charge is 2.20. The smallest absolute Gasteiger partial charge is 0.235 e. The summed E-state index contributed by atoms with van der Waals surface area (Å²) in [6, 6.07) is 15.0. The molecule has 0 unspecified atom stereocenters. The fraction of sp³-hybridized carbons (Fsp3) is 0.261. The van der Waals surface area contributed by atoms with Gasteiger partial charge in [-0.3, -0.25) is 0 Å². The Morgan fingerprint density at radius 1 is 1.03 bits per heavy atom. The van der Waals surface area contributed by atoms with Crippen molar-refractivity contribution in [3.05, 3.63) is 69.7 Å². The number of benzene rings is 2. The number of rotatable bonds is 3. The Hall–Kier alpha value is -2.99. The molecule has 0 aliphatic heterocycles. The van der Waals surface area contributed by atoms with Crippen molar-refractivity contribution in [3.8, 4) is 11.6 Å². The Morgan fingerprint density at radius 3 is 2.79 bits per heavy atom. The van der Waals surface area contributed by atoms with Crippen molar-refractivity contribution >= 4 is 27.3 Å². The lowest BCUT2D eigenvalue weighted by Gasteiger charge is -2.16. The molecule has 0 radical (unpaired) electrons. The predicted octanol–water partition coefficient (Wildman–Crippen LogP) is 5.38. The number of aryl methyl sites for hydroxylation is 3. The molecule has 29 heavy (non-hydrogen) atoms. The fourth-order valence-corrected chi connectivity index (χ4v) is 5.20. The fourth-order valence-electron chi connectivity index (χ4n) is 4.33. The van der Waals surface area contributed by atoms with Crippen molar-refractivity contribution in [3.63, 3.8) is 0 Å². The Labute approximate surface area is 172 Å². The lowest BCUT2D eigenvalue weighted by atomic mass is 9.90. The molecule has 5 nitrogen and oxygen atoms in total. The quantitative estimate of drug-likeness (QED) is 0.408. The molecule has 0 saturated carbocycles. The Morgan fingerprint density at radius 2 is 1.90 bits per heavy atom. The molecule has 0 fully saturated rings. The number of nitrogens with zero attached hydrogens (tertiary/aromatic N) is 4. The lowest BCUT2D eigenvalue weighted by molar-refractivity contribution is 0.619. The molecule has 2 aromatic carbocycles. The normalized spacial score (nSPS) is 14.0. The average molecular weight is 401 g/mol. The van der Waals surface area contributed by atoms with Crippen LogP contribution in [0.25, 0.3) is 27.5 Å². The van der Waals surface area contributed by atoms with E-state index in [0.717, 1.165) is 38.7 Å². The topological polar surface area (TPSA) is 56.2 Å². The van der Waals surface area contributed by atoms with E-state index in [1.165, 1.54) is 42.4 Å². The van der Waals surface area contributed by atoms with Crippen LogP contribution in [0.2, 0.25) is 0 Å². The second-order valence-corrected chi connectivity index (χ2v) is 8.79. The molecular weight excluding hydrogens is 380 g/mol. The molecule has 0 atom stereocenters. The molecule has 0 spiro atoms. The highest BCUT2D eigenvalue weighted by molar-refractivity contribution is 7.16. The van der Waals surface area contributed by atoms with Gasteiger partial charge in [-0.1, -0.05) is 47.7 Å². The third kappa shape index (κ3) is 2.78. The second-order valence-electron chi connectivity index (χ2n) is 7.75. The molecule has 144 valence electrons. The van der Waals surface area contributed by atoms with Crippen LogP contribution in [0, 0.1) is 6.92 Å². The van der Waals surface area contributed by atoms with Crippen LogP contribution >= 0.6 is 11.3 Å². The van der Waals surface area contributed by atoms with E-state index in [1.807, 2.05) is 22.7 Å². The SMILES string of the molecule is Cc1c(-c2nnc3sc(Cc4ccc5c(c4)CCCC5)nn23)oc2ccccc12. The molecule has 0 amide bonds. The average Bonchev–Trinajstić information content (AvgIpc) is 3.41. The van der Waals surface area contributed by atoms with Crippen LogP contribution in [-0.2, 0) is 19.3 Å². The summed E-state index contributed by atoms with van der Waals surface area (Å²) in [5.41, 5.74) is 6.27. The van der Waals surface area contributed by atoms with Crippen molar-refractivity contribution in [2.45, 2.75) is 39.0 Å². The van der Waals surface area contributed by atoms with Crippen LogP contribution in [0.3, 0.4) is 0 Å². The molecule has 0 saturated heterocycles. The van der Waals surface area contributed by atoms with E-state index < -0.39 is 0 Å². The molecule has 6 heteroatoms. The van der Waals surface area contributed by atoms with Crippen LogP contribution in [0.15, 0.2) is 46.9 Å². The van der Waals surface area contributed by atoms with Gasteiger partial charge in [0.2, 0.25) is 10.8 Å². The first kappa shape index (κ1) is 16.9. The minimum absolute atomic E-state index is 0.668. The number of furan rings is 1. The zero-order chi connectivity index (χ0) is 19.4. The van der Waals surface area contributed by atoms with Crippen molar-refractivity contribution in [1.29, 1.82) is 0 Å². The van der Waals surface area contributed by atoms with Crippen molar-refractivity contribution in [1.82, 2.24) is 19.8 Å². The van der Waals surface area contributed by atoms with Crippen LogP contribution in [0.5, 0.6) is 0 Å². The maximum Gasteiger partial charge on any atom is 0.235 e. The van der Waals surface area contributed by atoms with Crippen molar-refractivity contribution in [2.75, 3.05) is 0 Å². The maximum atomic E-state index is 6.08. The minimum Gasteiger partial charge on any atom is -0.452 e. The van der Waals surface area contributed by atoms with E-state index in [2.05, 4.69) is 41.4 Å². The first-order valence-electron chi connectivity index (χ1n) is 10.1. The monoisotopic (exact) mass is 400 g/mol.